The number of anilines is 1. The number of hydrogen-bond acceptors (Lipinski definition) is 4. The van der Waals surface area contributed by atoms with E-state index in [1.165, 1.54) is 0 Å². The number of rotatable bonds is 7. The predicted octanol–water partition coefficient (Wildman–Crippen LogP) is 2.13. The normalized spacial score (nSPS) is 14.1. The minimum absolute atomic E-state index is 0.100. The second-order valence-corrected chi connectivity index (χ2v) is 6.30. The van der Waals surface area contributed by atoms with Crippen molar-refractivity contribution in [1.29, 1.82) is 0 Å². The molecule has 1 N–H and O–H groups in total. The van der Waals surface area contributed by atoms with Crippen LogP contribution in [-0.2, 0) is 14.3 Å². The van der Waals surface area contributed by atoms with Crippen LogP contribution < -0.4 is 10.2 Å². The topological polar surface area (TPSA) is 75.7 Å². The van der Waals surface area contributed by atoms with Crippen molar-refractivity contribution in [2.24, 2.45) is 5.92 Å². The van der Waals surface area contributed by atoms with Crippen LogP contribution in [0, 0.1) is 5.92 Å². The molecule has 130 valence electrons. The number of nitrogens with one attached hydrogen (secondary N) is 1. The third-order valence-corrected chi connectivity index (χ3v) is 3.87. The Morgan fingerprint density at radius 1 is 1.25 bits per heavy atom. The molecule has 2 rings (SSSR count). The summed E-state index contributed by atoms with van der Waals surface area (Å²) in [7, 11) is 0. The van der Waals surface area contributed by atoms with Crippen LogP contribution in [0.15, 0.2) is 24.3 Å². The van der Waals surface area contributed by atoms with Crippen molar-refractivity contribution in [1.82, 2.24) is 5.32 Å². The molecule has 1 saturated heterocycles. The van der Waals surface area contributed by atoms with Gasteiger partial charge in [0.1, 0.15) is 0 Å². The summed E-state index contributed by atoms with van der Waals surface area (Å²) >= 11 is 0. The molecule has 1 aliphatic rings. The molecular formula is C18H24N2O4. The van der Waals surface area contributed by atoms with Crippen LogP contribution in [0.4, 0.5) is 5.69 Å². The smallest absolute Gasteiger partial charge is 0.338 e. The molecule has 1 aromatic carbocycles. The van der Waals surface area contributed by atoms with Crippen LogP contribution in [0.5, 0.6) is 0 Å². The minimum Gasteiger partial charge on any atom is -0.452 e. The lowest BCUT2D eigenvalue weighted by molar-refractivity contribution is -0.124. The Hall–Kier alpha value is -2.37. The van der Waals surface area contributed by atoms with E-state index in [0.29, 0.717) is 31.0 Å². The zero-order valence-corrected chi connectivity index (χ0v) is 14.2. The molecule has 1 heterocycles. The lowest BCUT2D eigenvalue weighted by Gasteiger charge is -2.15. The lowest BCUT2D eigenvalue weighted by Crippen LogP contribution is -2.30. The van der Waals surface area contributed by atoms with Gasteiger partial charge in [-0.2, -0.15) is 0 Å². The molecule has 0 bridgehead atoms. The lowest BCUT2D eigenvalue weighted by atomic mass is 10.1. The fourth-order valence-corrected chi connectivity index (χ4v) is 2.46. The highest BCUT2D eigenvalue weighted by Crippen LogP contribution is 2.21. The van der Waals surface area contributed by atoms with Crippen molar-refractivity contribution >= 4 is 23.5 Å². The summed E-state index contributed by atoms with van der Waals surface area (Å²) in [6.07, 6.45) is 2.31. The van der Waals surface area contributed by atoms with Crippen LogP contribution in [-0.4, -0.2) is 37.5 Å². The Morgan fingerprint density at radius 2 is 1.96 bits per heavy atom. The van der Waals surface area contributed by atoms with Crippen LogP contribution in [0.3, 0.4) is 0 Å². The van der Waals surface area contributed by atoms with Crippen molar-refractivity contribution in [3.05, 3.63) is 29.8 Å². The summed E-state index contributed by atoms with van der Waals surface area (Å²) in [5.41, 5.74) is 1.14. The second-order valence-electron chi connectivity index (χ2n) is 6.30. The predicted molar refractivity (Wildman–Crippen MR) is 90.8 cm³/mol. The van der Waals surface area contributed by atoms with Gasteiger partial charge >= 0.3 is 5.97 Å². The summed E-state index contributed by atoms with van der Waals surface area (Å²) < 4.78 is 5.00. The highest BCUT2D eigenvalue weighted by Gasteiger charge is 2.21. The van der Waals surface area contributed by atoms with Crippen molar-refractivity contribution in [2.75, 3.05) is 24.6 Å². The van der Waals surface area contributed by atoms with Gasteiger partial charge in [0.25, 0.3) is 5.91 Å². The van der Waals surface area contributed by atoms with E-state index in [-0.39, 0.29) is 18.4 Å². The Balaban J connectivity index is 1.80. The molecule has 6 heteroatoms. The fraction of sp³-hybridized carbons (Fsp3) is 0.500. The van der Waals surface area contributed by atoms with Crippen molar-refractivity contribution in [3.8, 4) is 0 Å². The zero-order chi connectivity index (χ0) is 17.5. The van der Waals surface area contributed by atoms with Gasteiger partial charge in [-0.1, -0.05) is 13.8 Å². The zero-order valence-electron chi connectivity index (χ0n) is 14.2. The molecule has 1 aliphatic heterocycles. The average Bonchev–Trinajstić information content (AvgIpc) is 2.98. The second kappa shape index (κ2) is 8.47. The maximum Gasteiger partial charge on any atom is 0.338 e. The van der Waals surface area contributed by atoms with Gasteiger partial charge < -0.3 is 15.0 Å². The van der Waals surface area contributed by atoms with E-state index in [2.05, 4.69) is 19.2 Å². The van der Waals surface area contributed by atoms with Gasteiger partial charge in [0.15, 0.2) is 6.61 Å². The Kier molecular flexibility index (Phi) is 6.35. The highest BCUT2D eigenvalue weighted by molar-refractivity contribution is 5.96. The Morgan fingerprint density at radius 3 is 2.54 bits per heavy atom. The van der Waals surface area contributed by atoms with Crippen LogP contribution >= 0.6 is 0 Å². The molecule has 0 radical (unpaired) electrons. The number of carbonyl (C=O) groups excluding carboxylic acids is 3. The van der Waals surface area contributed by atoms with Crippen LogP contribution in [0.2, 0.25) is 0 Å². The molecule has 0 spiro atoms. The summed E-state index contributed by atoms with van der Waals surface area (Å²) in [5.74, 6) is -0.242. The van der Waals surface area contributed by atoms with Gasteiger partial charge in [-0.15, -0.1) is 0 Å². The number of carbonyl (C=O) groups is 3. The number of benzene rings is 1. The van der Waals surface area contributed by atoms with Gasteiger partial charge in [0.2, 0.25) is 5.91 Å². The van der Waals surface area contributed by atoms with E-state index in [9.17, 15) is 14.4 Å². The maximum absolute atomic E-state index is 11.9. The first kappa shape index (κ1) is 18.0. The molecule has 0 atom stereocenters. The number of esters is 1. The Bertz CT molecular complexity index is 596. The molecule has 2 amide bonds. The highest BCUT2D eigenvalue weighted by atomic mass is 16.5. The first-order chi connectivity index (χ1) is 11.5. The first-order valence-electron chi connectivity index (χ1n) is 8.31. The SMILES string of the molecule is CC(C)CCNC(=O)COC(=O)c1ccc(N2CCCC2=O)cc1. The molecule has 6 nitrogen and oxygen atoms in total. The Labute approximate surface area is 142 Å². The van der Waals surface area contributed by atoms with Gasteiger partial charge in [-0.05, 0) is 43.0 Å². The molecule has 1 fully saturated rings. The monoisotopic (exact) mass is 332 g/mol. The summed E-state index contributed by atoms with van der Waals surface area (Å²) in [5, 5.41) is 2.71. The number of hydrogen-bond donors (Lipinski definition) is 1. The van der Waals surface area contributed by atoms with Gasteiger partial charge in [0, 0.05) is 25.2 Å². The molecule has 0 aliphatic carbocycles. The van der Waals surface area contributed by atoms with E-state index in [1.807, 2.05) is 0 Å². The summed E-state index contributed by atoms with van der Waals surface area (Å²) in [6, 6.07) is 6.67. The number of nitrogens with zero attached hydrogens (tertiary/aromatic N) is 1. The average molecular weight is 332 g/mol. The van der Waals surface area contributed by atoms with Crippen molar-refractivity contribution < 1.29 is 19.1 Å². The van der Waals surface area contributed by atoms with Gasteiger partial charge in [-0.3, -0.25) is 9.59 Å². The fourth-order valence-electron chi connectivity index (χ4n) is 2.46. The molecular weight excluding hydrogens is 308 g/mol. The van der Waals surface area contributed by atoms with E-state index in [1.54, 1.807) is 29.2 Å². The summed E-state index contributed by atoms with van der Waals surface area (Å²) in [6.45, 7) is 5.15. The van der Waals surface area contributed by atoms with E-state index in [4.69, 9.17) is 4.74 Å². The quantitative estimate of drug-likeness (QED) is 0.776. The number of ether oxygens (including phenoxy) is 1. The van der Waals surface area contributed by atoms with E-state index in [0.717, 1.165) is 18.5 Å². The molecule has 1 aromatic rings. The first-order valence-corrected chi connectivity index (χ1v) is 8.31. The molecule has 0 unspecified atom stereocenters. The van der Waals surface area contributed by atoms with Crippen molar-refractivity contribution in [3.63, 3.8) is 0 Å². The maximum atomic E-state index is 11.9. The van der Waals surface area contributed by atoms with Gasteiger partial charge in [0.05, 0.1) is 5.56 Å². The van der Waals surface area contributed by atoms with Gasteiger partial charge in [-0.25, -0.2) is 4.79 Å². The molecule has 0 aromatic heterocycles. The molecule has 24 heavy (non-hydrogen) atoms. The van der Waals surface area contributed by atoms with Crippen LogP contribution in [0.1, 0.15) is 43.5 Å². The largest absolute Gasteiger partial charge is 0.452 e. The van der Waals surface area contributed by atoms with Crippen LogP contribution in [0.25, 0.3) is 0 Å². The standard InChI is InChI=1S/C18H24N2O4/c1-13(2)9-10-19-16(21)12-24-18(23)14-5-7-15(8-6-14)20-11-3-4-17(20)22/h5-8,13H,3-4,9-12H2,1-2H3,(H,19,21). The van der Waals surface area contributed by atoms with E-state index >= 15 is 0 Å². The third-order valence-electron chi connectivity index (χ3n) is 3.87. The molecule has 0 saturated carbocycles. The third kappa shape index (κ3) is 5.08. The number of amides is 2. The van der Waals surface area contributed by atoms with E-state index < -0.39 is 5.97 Å². The van der Waals surface area contributed by atoms with Crippen molar-refractivity contribution in [2.45, 2.75) is 33.1 Å². The summed E-state index contributed by atoms with van der Waals surface area (Å²) in [4.78, 5) is 36.9. The minimum atomic E-state index is -0.548.